The maximum atomic E-state index is 11.8. The van der Waals surface area contributed by atoms with Gasteiger partial charge in [0, 0.05) is 12.8 Å². The highest BCUT2D eigenvalue weighted by Gasteiger charge is 2.15. The van der Waals surface area contributed by atoms with E-state index in [0.29, 0.717) is 0 Å². The lowest BCUT2D eigenvalue weighted by Crippen LogP contribution is -2.28. The van der Waals surface area contributed by atoms with E-state index in [-0.39, 0.29) is 30.7 Å². The summed E-state index contributed by atoms with van der Waals surface area (Å²) in [6, 6.07) is 7.34. The SMILES string of the molecule is COc1cccc([C@@H](C)NC(=O)CC(C)CC(=O)O)c1. The van der Waals surface area contributed by atoms with Crippen molar-refractivity contribution in [1.82, 2.24) is 5.32 Å². The molecule has 0 radical (unpaired) electrons. The number of nitrogens with one attached hydrogen (secondary N) is 1. The van der Waals surface area contributed by atoms with Crippen molar-refractivity contribution in [1.29, 1.82) is 0 Å². The molecule has 0 aliphatic heterocycles. The van der Waals surface area contributed by atoms with Crippen LogP contribution in [0.1, 0.15) is 38.3 Å². The van der Waals surface area contributed by atoms with Crippen molar-refractivity contribution in [2.24, 2.45) is 5.92 Å². The molecule has 20 heavy (non-hydrogen) atoms. The topological polar surface area (TPSA) is 75.6 Å². The average molecular weight is 279 g/mol. The van der Waals surface area contributed by atoms with Crippen LogP contribution in [0.15, 0.2) is 24.3 Å². The van der Waals surface area contributed by atoms with E-state index in [9.17, 15) is 9.59 Å². The normalized spacial score (nSPS) is 13.3. The summed E-state index contributed by atoms with van der Waals surface area (Å²) in [6.45, 7) is 3.64. The molecule has 0 bridgehead atoms. The lowest BCUT2D eigenvalue weighted by molar-refractivity contribution is -0.138. The fourth-order valence-corrected chi connectivity index (χ4v) is 1.98. The van der Waals surface area contributed by atoms with Gasteiger partial charge in [-0.1, -0.05) is 19.1 Å². The Labute approximate surface area is 118 Å². The number of benzene rings is 1. The Kier molecular flexibility index (Phi) is 6.03. The number of carboxylic acid groups (broad SMARTS) is 1. The van der Waals surface area contributed by atoms with E-state index in [4.69, 9.17) is 9.84 Å². The maximum absolute atomic E-state index is 11.8. The van der Waals surface area contributed by atoms with Crippen LogP contribution in [-0.2, 0) is 9.59 Å². The van der Waals surface area contributed by atoms with Gasteiger partial charge in [-0.25, -0.2) is 0 Å². The average Bonchev–Trinajstić information content (AvgIpc) is 2.37. The van der Waals surface area contributed by atoms with E-state index in [1.807, 2.05) is 31.2 Å². The molecule has 5 nitrogen and oxygen atoms in total. The van der Waals surface area contributed by atoms with Gasteiger partial charge < -0.3 is 15.2 Å². The largest absolute Gasteiger partial charge is 0.497 e. The van der Waals surface area contributed by atoms with Crippen LogP contribution < -0.4 is 10.1 Å². The van der Waals surface area contributed by atoms with Gasteiger partial charge in [-0.2, -0.15) is 0 Å². The molecule has 2 atom stereocenters. The second kappa shape index (κ2) is 7.53. The van der Waals surface area contributed by atoms with Crippen molar-refractivity contribution in [2.75, 3.05) is 7.11 Å². The minimum atomic E-state index is -0.883. The summed E-state index contributed by atoms with van der Waals surface area (Å²) in [5.41, 5.74) is 0.948. The van der Waals surface area contributed by atoms with E-state index in [1.54, 1.807) is 14.0 Å². The third kappa shape index (κ3) is 5.30. The second-order valence-electron chi connectivity index (χ2n) is 4.97. The maximum Gasteiger partial charge on any atom is 0.303 e. The predicted octanol–water partition coefficient (Wildman–Crippen LogP) is 2.37. The monoisotopic (exact) mass is 279 g/mol. The molecule has 0 spiro atoms. The number of hydrogen-bond donors (Lipinski definition) is 2. The Hall–Kier alpha value is -2.04. The molecule has 110 valence electrons. The molecule has 0 heterocycles. The third-order valence-corrected chi connectivity index (χ3v) is 3.03. The summed E-state index contributed by atoms with van der Waals surface area (Å²) in [4.78, 5) is 22.4. The van der Waals surface area contributed by atoms with Crippen LogP contribution in [0.2, 0.25) is 0 Å². The van der Waals surface area contributed by atoms with Gasteiger partial charge in [0.05, 0.1) is 13.2 Å². The first kappa shape index (κ1) is 16.0. The molecule has 0 saturated carbocycles. The van der Waals surface area contributed by atoms with Gasteiger partial charge in [0.15, 0.2) is 0 Å². The number of methoxy groups -OCH3 is 1. The van der Waals surface area contributed by atoms with Gasteiger partial charge in [0.25, 0.3) is 0 Å². The number of carboxylic acids is 1. The molecular weight excluding hydrogens is 258 g/mol. The zero-order chi connectivity index (χ0) is 15.1. The number of hydrogen-bond acceptors (Lipinski definition) is 3. The molecular formula is C15H21NO4. The molecule has 1 amide bonds. The summed E-state index contributed by atoms with van der Waals surface area (Å²) >= 11 is 0. The highest BCUT2D eigenvalue weighted by atomic mass is 16.5. The van der Waals surface area contributed by atoms with Gasteiger partial charge in [-0.05, 0) is 30.5 Å². The van der Waals surface area contributed by atoms with Crippen molar-refractivity contribution < 1.29 is 19.4 Å². The van der Waals surface area contributed by atoms with Crippen molar-refractivity contribution in [3.63, 3.8) is 0 Å². The van der Waals surface area contributed by atoms with E-state index in [2.05, 4.69) is 5.32 Å². The molecule has 1 aromatic rings. The quantitative estimate of drug-likeness (QED) is 0.803. The number of rotatable bonds is 7. The number of ether oxygens (including phenoxy) is 1. The Balaban J connectivity index is 2.54. The number of amides is 1. The Morgan fingerprint density at radius 2 is 2.00 bits per heavy atom. The van der Waals surface area contributed by atoms with Gasteiger partial charge in [0.1, 0.15) is 5.75 Å². The van der Waals surface area contributed by atoms with Crippen LogP contribution in [-0.4, -0.2) is 24.1 Å². The van der Waals surface area contributed by atoms with E-state index < -0.39 is 5.97 Å². The fraction of sp³-hybridized carbons (Fsp3) is 0.467. The lowest BCUT2D eigenvalue weighted by atomic mass is 10.0. The van der Waals surface area contributed by atoms with Crippen LogP contribution in [0, 0.1) is 5.92 Å². The van der Waals surface area contributed by atoms with Crippen LogP contribution in [0.4, 0.5) is 0 Å². The van der Waals surface area contributed by atoms with Crippen LogP contribution >= 0.6 is 0 Å². The molecule has 1 rings (SSSR count). The highest BCUT2D eigenvalue weighted by Crippen LogP contribution is 2.19. The molecule has 0 aliphatic rings. The van der Waals surface area contributed by atoms with Crippen molar-refractivity contribution in [3.05, 3.63) is 29.8 Å². The summed E-state index contributed by atoms with van der Waals surface area (Å²) in [7, 11) is 1.59. The first-order valence-electron chi connectivity index (χ1n) is 6.57. The Morgan fingerprint density at radius 3 is 2.60 bits per heavy atom. The minimum Gasteiger partial charge on any atom is -0.497 e. The molecule has 0 aliphatic carbocycles. The van der Waals surface area contributed by atoms with E-state index in [0.717, 1.165) is 11.3 Å². The molecule has 5 heteroatoms. The summed E-state index contributed by atoms with van der Waals surface area (Å²) < 4.78 is 5.14. The standard InChI is InChI=1S/C15H21NO4/c1-10(8-15(18)19)7-14(17)16-11(2)12-5-4-6-13(9-12)20-3/h4-6,9-11H,7-8H2,1-3H3,(H,16,17)(H,18,19)/t10?,11-/m1/s1. The highest BCUT2D eigenvalue weighted by molar-refractivity contribution is 5.77. The number of aliphatic carboxylic acids is 1. The zero-order valence-electron chi connectivity index (χ0n) is 12.1. The molecule has 1 aromatic carbocycles. The Bertz CT molecular complexity index is 473. The van der Waals surface area contributed by atoms with E-state index >= 15 is 0 Å². The van der Waals surface area contributed by atoms with Crippen molar-refractivity contribution in [2.45, 2.75) is 32.7 Å². The van der Waals surface area contributed by atoms with Crippen molar-refractivity contribution in [3.8, 4) is 5.75 Å². The van der Waals surface area contributed by atoms with Gasteiger partial charge in [-0.15, -0.1) is 0 Å². The first-order chi connectivity index (χ1) is 9.42. The van der Waals surface area contributed by atoms with Gasteiger partial charge in [0.2, 0.25) is 5.91 Å². The fourth-order valence-electron chi connectivity index (χ4n) is 1.98. The van der Waals surface area contributed by atoms with Crippen molar-refractivity contribution >= 4 is 11.9 Å². The molecule has 0 fully saturated rings. The number of carbonyl (C=O) groups is 2. The summed E-state index contributed by atoms with van der Waals surface area (Å²) in [6.07, 6.45) is 0.210. The minimum absolute atomic E-state index is 0.000953. The Morgan fingerprint density at radius 1 is 1.30 bits per heavy atom. The van der Waals surface area contributed by atoms with Crippen LogP contribution in [0.3, 0.4) is 0 Å². The first-order valence-corrected chi connectivity index (χ1v) is 6.57. The third-order valence-electron chi connectivity index (χ3n) is 3.03. The summed E-state index contributed by atoms with van der Waals surface area (Å²) in [5.74, 6) is -0.465. The molecule has 1 unspecified atom stereocenters. The summed E-state index contributed by atoms with van der Waals surface area (Å²) in [5, 5.41) is 11.5. The van der Waals surface area contributed by atoms with Gasteiger partial charge in [-0.3, -0.25) is 9.59 Å². The van der Waals surface area contributed by atoms with Gasteiger partial charge >= 0.3 is 5.97 Å². The molecule has 0 saturated heterocycles. The molecule has 0 aromatic heterocycles. The second-order valence-corrected chi connectivity index (χ2v) is 4.97. The molecule has 2 N–H and O–H groups in total. The number of carbonyl (C=O) groups excluding carboxylic acids is 1. The predicted molar refractivity (Wildman–Crippen MR) is 75.6 cm³/mol. The lowest BCUT2D eigenvalue weighted by Gasteiger charge is -2.16. The smallest absolute Gasteiger partial charge is 0.303 e. The van der Waals surface area contributed by atoms with Crippen LogP contribution in [0.25, 0.3) is 0 Å². The zero-order valence-corrected chi connectivity index (χ0v) is 12.1. The van der Waals surface area contributed by atoms with Crippen LogP contribution in [0.5, 0.6) is 5.75 Å². The van der Waals surface area contributed by atoms with E-state index in [1.165, 1.54) is 0 Å².